The van der Waals surface area contributed by atoms with Gasteiger partial charge in [0.2, 0.25) is 5.91 Å². The van der Waals surface area contributed by atoms with E-state index in [9.17, 15) is 9.59 Å². The summed E-state index contributed by atoms with van der Waals surface area (Å²) in [5, 5.41) is 2.86. The lowest BCUT2D eigenvalue weighted by Gasteiger charge is -2.39. The van der Waals surface area contributed by atoms with Crippen LogP contribution in [0.3, 0.4) is 0 Å². The molecule has 0 radical (unpaired) electrons. The zero-order valence-electron chi connectivity index (χ0n) is 21.4. The number of methoxy groups -OCH3 is 1. The predicted molar refractivity (Wildman–Crippen MR) is 140 cm³/mol. The van der Waals surface area contributed by atoms with E-state index in [2.05, 4.69) is 17.4 Å². The first-order valence-corrected chi connectivity index (χ1v) is 12.3. The maximum Gasteiger partial charge on any atom is 0.408 e. The molecule has 0 aliphatic carbocycles. The van der Waals surface area contributed by atoms with Gasteiger partial charge in [0.15, 0.2) is 0 Å². The van der Waals surface area contributed by atoms with Crippen LogP contribution in [0.4, 0.5) is 4.79 Å². The average molecular weight is 487 g/mol. The lowest BCUT2D eigenvalue weighted by molar-refractivity contribution is -0.135. The van der Waals surface area contributed by atoms with E-state index in [0.29, 0.717) is 13.0 Å². The molecule has 3 aromatic carbocycles. The number of amides is 2. The molecule has 4 rings (SSSR count). The molecule has 1 N–H and O–H groups in total. The van der Waals surface area contributed by atoms with Crippen molar-refractivity contribution in [1.82, 2.24) is 10.2 Å². The van der Waals surface area contributed by atoms with Crippen molar-refractivity contribution in [3.05, 3.63) is 101 Å². The molecule has 0 saturated carbocycles. The highest BCUT2D eigenvalue weighted by atomic mass is 16.6. The number of carbonyl (C=O) groups is 2. The van der Waals surface area contributed by atoms with Crippen LogP contribution in [0.25, 0.3) is 0 Å². The van der Waals surface area contributed by atoms with E-state index in [1.165, 1.54) is 5.56 Å². The van der Waals surface area contributed by atoms with Crippen LogP contribution in [-0.2, 0) is 22.4 Å². The van der Waals surface area contributed by atoms with E-state index in [1.54, 1.807) is 7.11 Å². The van der Waals surface area contributed by atoms with Crippen LogP contribution in [-0.4, -0.2) is 42.2 Å². The van der Waals surface area contributed by atoms with Crippen molar-refractivity contribution in [2.45, 2.75) is 51.3 Å². The molecular formula is C30H34N2O4. The minimum absolute atomic E-state index is 0.139. The topological polar surface area (TPSA) is 67.9 Å². The standard InChI is InChI=1S/C30H34N2O4/c1-30(2,3)36-29(34)31-26(20-21-10-6-5-7-11-21)28(33)32-19-18-22-12-8-9-13-25(22)27(32)23-14-16-24(35-4)17-15-23/h5-17,26-27H,18-20H2,1-4H3,(H,31,34)/t26-,27?/m0/s1. The molecule has 1 unspecified atom stereocenters. The molecule has 1 aliphatic rings. The number of rotatable bonds is 6. The smallest absolute Gasteiger partial charge is 0.408 e. The summed E-state index contributed by atoms with van der Waals surface area (Å²) in [6.07, 6.45) is 0.515. The minimum Gasteiger partial charge on any atom is -0.497 e. The van der Waals surface area contributed by atoms with E-state index in [0.717, 1.165) is 28.9 Å². The molecule has 3 aromatic rings. The summed E-state index contributed by atoms with van der Waals surface area (Å²) < 4.78 is 10.8. The normalized spacial score (nSPS) is 16.0. The second-order valence-corrected chi connectivity index (χ2v) is 10.0. The molecule has 0 saturated heterocycles. The zero-order valence-corrected chi connectivity index (χ0v) is 21.4. The Morgan fingerprint density at radius 1 is 0.972 bits per heavy atom. The van der Waals surface area contributed by atoms with Crippen molar-refractivity contribution >= 4 is 12.0 Å². The molecule has 0 spiro atoms. The fourth-order valence-electron chi connectivity index (χ4n) is 4.65. The number of carbonyl (C=O) groups excluding carboxylic acids is 2. The maximum atomic E-state index is 14.2. The van der Waals surface area contributed by atoms with Gasteiger partial charge in [-0.1, -0.05) is 66.7 Å². The molecule has 0 aromatic heterocycles. The van der Waals surface area contributed by atoms with Crippen LogP contribution in [0.15, 0.2) is 78.9 Å². The average Bonchev–Trinajstić information content (AvgIpc) is 2.87. The van der Waals surface area contributed by atoms with Gasteiger partial charge in [-0.3, -0.25) is 4.79 Å². The highest BCUT2D eigenvalue weighted by molar-refractivity contribution is 5.87. The summed E-state index contributed by atoms with van der Waals surface area (Å²) in [6.45, 7) is 5.97. The molecule has 0 bridgehead atoms. The van der Waals surface area contributed by atoms with Crippen LogP contribution < -0.4 is 10.1 Å². The summed E-state index contributed by atoms with van der Waals surface area (Å²) in [4.78, 5) is 28.8. The van der Waals surface area contributed by atoms with Crippen LogP contribution in [0.5, 0.6) is 5.75 Å². The predicted octanol–water partition coefficient (Wildman–Crippen LogP) is 5.31. The van der Waals surface area contributed by atoms with Gasteiger partial charge in [0.25, 0.3) is 0 Å². The number of benzene rings is 3. The third kappa shape index (κ3) is 6.06. The Labute approximate surface area is 213 Å². The number of alkyl carbamates (subject to hydrolysis) is 1. The van der Waals surface area contributed by atoms with Crippen molar-refractivity contribution in [3.8, 4) is 5.75 Å². The molecule has 2 atom stereocenters. The number of ether oxygens (including phenoxy) is 2. The highest BCUT2D eigenvalue weighted by Gasteiger charge is 2.36. The van der Waals surface area contributed by atoms with Crippen LogP contribution in [0.2, 0.25) is 0 Å². The quantitative estimate of drug-likeness (QED) is 0.513. The Bertz CT molecular complexity index is 1190. The second-order valence-electron chi connectivity index (χ2n) is 10.0. The van der Waals surface area contributed by atoms with Crippen molar-refractivity contribution in [2.24, 2.45) is 0 Å². The summed E-state index contributed by atoms with van der Waals surface area (Å²) in [7, 11) is 1.64. The van der Waals surface area contributed by atoms with Crippen LogP contribution in [0, 0.1) is 0 Å². The Hall–Kier alpha value is -3.80. The maximum absolute atomic E-state index is 14.2. The van der Waals surface area contributed by atoms with E-state index in [-0.39, 0.29) is 11.9 Å². The Morgan fingerprint density at radius 3 is 2.31 bits per heavy atom. The number of fused-ring (bicyclic) bond motifs is 1. The van der Waals surface area contributed by atoms with Gasteiger partial charge in [-0.05, 0) is 61.6 Å². The highest BCUT2D eigenvalue weighted by Crippen LogP contribution is 2.36. The summed E-state index contributed by atoms with van der Waals surface area (Å²) in [5.41, 5.74) is 3.61. The van der Waals surface area contributed by atoms with Gasteiger partial charge in [0.1, 0.15) is 17.4 Å². The number of nitrogens with one attached hydrogen (secondary N) is 1. The monoisotopic (exact) mass is 486 g/mol. The summed E-state index contributed by atoms with van der Waals surface area (Å²) >= 11 is 0. The first kappa shape index (κ1) is 25.3. The van der Waals surface area contributed by atoms with Gasteiger partial charge in [-0.25, -0.2) is 4.79 Å². The molecular weight excluding hydrogens is 452 g/mol. The van der Waals surface area contributed by atoms with Crippen LogP contribution >= 0.6 is 0 Å². The number of hydrogen-bond acceptors (Lipinski definition) is 4. The molecule has 0 fully saturated rings. The van der Waals surface area contributed by atoms with Crippen molar-refractivity contribution in [3.63, 3.8) is 0 Å². The minimum atomic E-state index is -0.770. The van der Waals surface area contributed by atoms with Gasteiger partial charge in [0, 0.05) is 13.0 Å². The molecule has 36 heavy (non-hydrogen) atoms. The second kappa shape index (κ2) is 10.9. The lowest BCUT2D eigenvalue weighted by atomic mass is 9.87. The van der Waals surface area contributed by atoms with Crippen molar-refractivity contribution < 1.29 is 19.1 Å². The Kier molecular flexibility index (Phi) is 7.63. The van der Waals surface area contributed by atoms with E-state index in [1.807, 2.05) is 92.4 Å². The first-order chi connectivity index (χ1) is 17.2. The van der Waals surface area contributed by atoms with E-state index >= 15 is 0 Å². The first-order valence-electron chi connectivity index (χ1n) is 12.3. The third-order valence-corrected chi connectivity index (χ3v) is 6.27. The van der Waals surface area contributed by atoms with E-state index in [4.69, 9.17) is 9.47 Å². The summed E-state index contributed by atoms with van der Waals surface area (Å²) in [6, 6.07) is 24.7. The molecule has 2 amide bonds. The van der Waals surface area contributed by atoms with Crippen molar-refractivity contribution in [1.29, 1.82) is 0 Å². The Morgan fingerprint density at radius 2 is 1.64 bits per heavy atom. The molecule has 1 heterocycles. The number of hydrogen-bond donors (Lipinski definition) is 1. The summed E-state index contributed by atoms with van der Waals surface area (Å²) in [5.74, 6) is 0.620. The fraction of sp³-hybridized carbons (Fsp3) is 0.333. The number of nitrogens with zero attached hydrogens (tertiary/aromatic N) is 1. The molecule has 188 valence electrons. The van der Waals surface area contributed by atoms with Gasteiger partial charge < -0.3 is 19.7 Å². The lowest BCUT2D eigenvalue weighted by Crippen LogP contribution is -2.53. The van der Waals surface area contributed by atoms with Crippen LogP contribution in [0.1, 0.15) is 49.1 Å². The van der Waals surface area contributed by atoms with Gasteiger partial charge in [0.05, 0.1) is 13.2 Å². The molecule has 6 heteroatoms. The van der Waals surface area contributed by atoms with Gasteiger partial charge in [-0.15, -0.1) is 0 Å². The molecule has 6 nitrogen and oxygen atoms in total. The Balaban J connectivity index is 1.69. The zero-order chi connectivity index (χ0) is 25.7. The van der Waals surface area contributed by atoms with Gasteiger partial charge >= 0.3 is 6.09 Å². The SMILES string of the molecule is COc1ccc(C2c3ccccc3CCN2C(=O)[C@H](Cc2ccccc2)NC(=O)OC(C)(C)C)cc1. The fourth-order valence-corrected chi connectivity index (χ4v) is 4.65. The van der Waals surface area contributed by atoms with Crippen molar-refractivity contribution in [2.75, 3.05) is 13.7 Å². The molecule has 1 aliphatic heterocycles. The van der Waals surface area contributed by atoms with Gasteiger partial charge in [-0.2, -0.15) is 0 Å². The van der Waals surface area contributed by atoms with E-state index < -0.39 is 17.7 Å². The largest absolute Gasteiger partial charge is 0.497 e. The third-order valence-electron chi connectivity index (χ3n) is 6.27.